The van der Waals surface area contributed by atoms with Crippen LogP contribution in [0.1, 0.15) is 5.56 Å². The largest absolute Gasteiger partial charge is 0.505 e. The van der Waals surface area contributed by atoms with Crippen LogP contribution < -0.4 is 5.73 Å². The van der Waals surface area contributed by atoms with Gasteiger partial charge in [-0.15, -0.1) is 0 Å². The predicted octanol–water partition coefficient (Wildman–Crippen LogP) is 1.81. The first-order valence-corrected chi connectivity index (χ1v) is 4.38. The van der Waals surface area contributed by atoms with E-state index in [1.54, 1.807) is 19.1 Å². The van der Waals surface area contributed by atoms with Crippen LogP contribution in [0, 0.1) is 12.7 Å². The van der Waals surface area contributed by atoms with Crippen molar-refractivity contribution in [1.82, 2.24) is 10.2 Å². The second-order valence-electron chi connectivity index (χ2n) is 3.33. The van der Waals surface area contributed by atoms with Crippen LogP contribution >= 0.6 is 0 Å². The monoisotopic (exact) mass is 207 g/mol. The third-order valence-electron chi connectivity index (χ3n) is 2.14. The van der Waals surface area contributed by atoms with Crippen molar-refractivity contribution in [2.24, 2.45) is 0 Å². The number of nitrogen functional groups attached to an aromatic ring is 1. The molecule has 4 N–H and O–H groups in total. The van der Waals surface area contributed by atoms with E-state index in [4.69, 9.17) is 5.73 Å². The fourth-order valence-electron chi connectivity index (χ4n) is 1.39. The highest BCUT2D eigenvalue weighted by Crippen LogP contribution is 2.27. The van der Waals surface area contributed by atoms with E-state index in [9.17, 15) is 9.50 Å². The molecule has 0 bridgehead atoms. The molecule has 0 unspecified atom stereocenters. The Bertz CT molecular complexity index is 484. The summed E-state index contributed by atoms with van der Waals surface area (Å²) in [7, 11) is 0. The maximum absolute atomic E-state index is 13.1. The van der Waals surface area contributed by atoms with Gasteiger partial charge in [0.15, 0.2) is 11.6 Å². The maximum atomic E-state index is 13.1. The van der Waals surface area contributed by atoms with Crippen molar-refractivity contribution < 1.29 is 9.50 Å². The molecule has 0 saturated heterocycles. The van der Waals surface area contributed by atoms with Gasteiger partial charge in [-0.1, -0.05) is 0 Å². The van der Waals surface area contributed by atoms with Gasteiger partial charge < -0.3 is 10.8 Å². The summed E-state index contributed by atoms with van der Waals surface area (Å²) in [6.07, 6.45) is 0. The second-order valence-corrected chi connectivity index (χ2v) is 3.33. The molecule has 0 amide bonds. The lowest BCUT2D eigenvalue weighted by Gasteiger charge is -2.03. The molecule has 1 aromatic heterocycles. The summed E-state index contributed by atoms with van der Waals surface area (Å²) in [5.41, 5.74) is 7.11. The van der Waals surface area contributed by atoms with Gasteiger partial charge in [-0.05, 0) is 24.6 Å². The number of nitrogens with one attached hydrogen (secondary N) is 1. The third kappa shape index (κ3) is 1.63. The Morgan fingerprint density at radius 2 is 2.13 bits per heavy atom. The molecule has 2 aromatic rings. The van der Waals surface area contributed by atoms with Crippen LogP contribution in [0.4, 0.5) is 10.2 Å². The highest BCUT2D eigenvalue weighted by molar-refractivity contribution is 5.64. The van der Waals surface area contributed by atoms with Crippen LogP contribution in [0.3, 0.4) is 0 Å². The van der Waals surface area contributed by atoms with Crippen LogP contribution in [-0.2, 0) is 0 Å². The van der Waals surface area contributed by atoms with Gasteiger partial charge in [0, 0.05) is 11.6 Å². The summed E-state index contributed by atoms with van der Waals surface area (Å²) in [4.78, 5) is 0. The van der Waals surface area contributed by atoms with E-state index in [1.165, 1.54) is 6.07 Å². The van der Waals surface area contributed by atoms with Gasteiger partial charge in [-0.25, -0.2) is 4.39 Å². The number of anilines is 1. The topological polar surface area (TPSA) is 74.9 Å². The van der Waals surface area contributed by atoms with E-state index in [-0.39, 0.29) is 5.75 Å². The fraction of sp³-hybridized carbons (Fsp3) is 0.100. The SMILES string of the molecule is Cc1cc(-c2cc(N)n[nH]2)cc(O)c1F. The molecule has 1 aromatic carbocycles. The summed E-state index contributed by atoms with van der Waals surface area (Å²) >= 11 is 0. The molecule has 0 atom stereocenters. The molecule has 78 valence electrons. The van der Waals surface area contributed by atoms with Crippen LogP contribution in [0.15, 0.2) is 18.2 Å². The van der Waals surface area contributed by atoms with Crippen molar-refractivity contribution in [2.75, 3.05) is 5.73 Å². The summed E-state index contributed by atoms with van der Waals surface area (Å²) in [5, 5.41) is 15.7. The fourth-order valence-corrected chi connectivity index (χ4v) is 1.39. The van der Waals surface area contributed by atoms with Gasteiger partial charge in [-0.3, -0.25) is 5.10 Å². The molecule has 5 heteroatoms. The van der Waals surface area contributed by atoms with Crippen LogP contribution in [0.5, 0.6) is 5.75 Å². The molecule has 2 rings (SSSR count). The van der Waals surface area contributed by atoms with Crippen molar-refractivity contribution in [2.45, 2.75) is 6.92 Å². The third-order valence-corrected chi connectivity index (χ3v) is 2.14. The summed E-state index contributed by atoms with van der Waals surface area (Å²) in [6, 6.07) is 4.56. The number of H-pyrrole nitrogens is 1. The highest BCUT2D eigenvalue weighted by atomic mass is 19.1. The molecule has 4 nitrogen and oxygen atoms in total. The molecule has 0 radical (unpaired) electrons. The number of phenols is 1. The van der Waals surface area contributed by atoms with Crippen molar-refractivity contribution in [1.29, 1.82) is 0 Å². The van der Waals surface area contributed by atoms with E-state index >= 15 is 0 Å². The van der Waals surface area contributed by atoms with E-state index in [2.05, 4.69) is 10.2 Å². The number of phenolic OH excluding ortho intramolecular Hbond substituents is 1. The van der Waals surface area contributed by atoms with Gasteiger partial charge in [0.25, 0.3) is 0 Å². The molecule has 0 spiro atoms. The molecule has 0 fully saturated rings. The number of aromatic hydroxyl groups is 1. The molecule has 0 aliphatic rings. The van der Waals surface area contributed by atoms with Gasteiger partial charge in [0.1, 0.15) is 5.82 Å². The zero-order valence-corrected chi connectivity index (χ0v) is 8.08. The van der Waals surface area contributed by atoms with Gasteiger partial charge >= 0.3 is 0 Å². The van der Waals surface area contributed by atoms with Crippen LogP contribution in [0.25, 0.3) is 11.3 Å². The van der Waals surface area contributed by atoms with Gasteiger partial charge in [-0.2, -0.15) is 5.10 Å². The number of hydrogen-bond donors (Lipinski definition) is 3. The van der Waals surface area contributed by atoms with Crippen molar-refractivity contribution in [3.63, 3.8) is 0 Å². The number of aryl methyl sites for hydroxylation is 1. The van der Waals surface area contributed by atoms with Gasteiger partial charge in [0.2, 0.25) is 0 Å². The maximum Gasteiger partial charge on any atom is 0.167 e. The Morgan fingerprint density at radius 3 is 2.67 bits per heavy atom. The molecular weight excluding hydrogens is 197 g/mol. The molecule has 0 aliphatic carbocycles. The molecule has 15 heavy (non-hydrogen) atoms. The van der Waals surface area contributed by atoms with E-state index < -0.39 is 5.82 Å². The summed E-state index contributed by atoms with van der Waals surface area (Å²) in [5.74, 6) is -0.629. The Morgan fingerprint density at radius 1 is 1.40 bits per heavy atom. The number of hydrogen-bond acceptors (Lipinski definition) is 3. The Labute approximate surface area is 85.6 Å². The Hall–Kier alpha value is -2.04. The predicted molar refractivity (Wildman–Crippen MR) is 54.8 cm³/mol. The number of halogens is 1. The molecule has 0 saturated carbocycles. The smallest absolute Gasteiger partial charge is 0.167 e. The van der Waals surface area contributed by atoms with E-state index in [1.807, 2.05) is 0 Å². The minimum absolute atomic E-state index is 0.353. The Kier molecular flexibility index (Phi) is 2.07. The highest BCUT2D eigenvalue weighted by Gasteiger charge is 2.09. The number of rotatable bonds is 1. The van der Waals surface area contributed by atoms with Crippen LogP contribution in [-0.4, -0.2) is 15.3 Å². The minimum atomic E-state index is -0.605. The van der Waals surface area contributed by atoms with Crippen molar-refractivity contribution in [3.05, 3.63) is 29.6 Å². The summed E-state index contributed by atoms with van der Waals surface area (Å²) < 4.78 is 13.1. The number of nitrogens with zero attached hydrogens (tertiary/aromatic N) is 1. The zero-order chi connectivity index (χ0) is 11.0. The first kappa shape index (κ1) is 9.51. The van der Waals surface area contributed by atoms with Gasteiger partial charge in [0.05, 0.1) is 5.69 Å². The van der Waals surface area contributed by atoms with E-state index in [0.29, 0.717) is 22.6 Å². The first-order chi connectivity index (χ1) is 7.08. The first-order valence-electron chi connectivity index (χ1n) is 4.38. The standard InChI is InChI=1S/C10H10FN3O/c1-5-2-6(3-8(15)10(5)11)7-4-9(12)14-13-7/h2-4,15H,1H3,(H3,12,13,14). The molecule has 1 heterocycles. The second kappa shape index (κ2) is 3.27. The van der Waals surface area contributed by atoms with Crippen LogP contribution in [0.2, 0.25) is 0 Å². The average Bonchev–Trinajstić information content (AvgIpc) is 2.60. The number of benzene rings is 1. The molecule has 0 aliphatic heterocycles. The Balaban J connectivity index is 2.55. The lowest BCUT2D eigenvalue weighted by Crippen LogP contribution is -1.86. The lowest BCUT2D eigenvalue weighted by atomic mass is 10.1. The number of aromatic amines is 1. The van der Waals surface area contributed by atoms with Crippen molar-refractivity contribution in [3.8, 4) is 17.0 Å². The quantitative estimate of drug-likeness (QED) is 0.667. The average molecular weight is 207 g/mol. The number of aromatic nitrogens is 2. The lowest BCUT2D eigenvalue weighted by molar-refractivity contribution is 0.430. The zero-order valence-electron chi connectivity index (χ0n) is 8.08. The normalized spacial score (nSPS) is 10.5. The number of nitrogens with two attached hydrogens (primary N) is 1. The minimum Gasteiger partial charge on any atom is -0.505 e. The molecular formula is C10H10FN3O. The summed E-state index contributed by atoms with van der Waals surface area (Å²) in [6.45, 7) is 1.58. The van der Waals surface area contributed by atoms with E-state index in [0.717, 1.165) is 0 Å². The van der Waals surface area contributed by atoms with Crippen molar-refractivity contribution >= 4 is 5.82 Å².